The highest BCUT2D eigenvalue weighted by Crippen LogP contribution is 2.39. The van der Waals surface area contributed by atoms with Crippen molar-refractivity contribution in [3.63, 3.8) is 0 Å². The molecule has 1 amide bonds. The van der Waals surface area contributed by atoms with Crippen molar-refractivity contribution in [3.05, 3.63) is 70.0 Å². The lowest BCUT2D eigenvalue weighted by atomic mass is 9.88. The Morgan fingerprint density at radius 1 is 0.974 bits per heavy atom. The van der Waals surface area contributed by atoms with E-state index in [0.717, 1.165) is 37.2 Å². The van der Waals surface area contributed by atoms with Crippen LogP contribution in [0.15, 0.2) is 42.5 Å². The fraction of sp³-hybridized carbons (Fsp3) is 0.562. The summed E-state index contributed by atoms with van der Waals surface area (Å²) in [7, 11) is 0. The van der Waals surface area contributed by atoms with Gasteiger partial charge in [0.25, 0.3) is 5.91 Å². The molecule has 0 aliphatic carbocycles. The van der Waals surface area contributed by atoms with Crippen molar-refractivity contribution >= 4 is 23.2 Å². The molecule has 1 N–H and O–H groups in total. The van der Waals surface area contributed by atoms with Gasteiger partial charge in [0.1, 0.15) is 11.9 Å². The molecular weight excluding hydrogens is 508 g/mol. The van der Waals surface area contributed by atoms with Crippen LogP contribution in [0.25, 0.3) is 4.85 Å². The Morgan fingerprint density at radius 3 is 2.31 bits per heavy atom. The summed E-state index contributed by atoms with van der Waals surface area (Å²) in [6.07, 6.45) is 8.83. The number of piperidine rings is 3. The van der Waals surface area contributed by atoms with Gasteiger partial charge in [0.05, 0.1) is 11.6 Å². The third-order valence-electron chi connectivity index (χ3n) is 9.46. The smallest absolute Gasteiger partial charge is 0.254 e. The van der Waals surface area contributed by atoms with Crippen LogP contribution in [-0.4, -0.2) is 66.6 Å². The minimum Gasteiger partial charge on any atom is -0.490 e. The van der Waals surface area contributed by atoms with Crippen LogP contribution in [0.3, 0.4) is 0 Å². The predicted octanol–water partition coefficient (Wildman–Crippen LogP) is 6.28. The lowest BCUT2D eigenvalue weighted by Crippen LogP contribution is -2.49. The topological polar surface area (TPSA) is 49.2 Å². The first kappa shape index (κ1) is 26.6. The van der Waals surface area contributed by atoms with Crippen LogP contribution >= 0.6 is 11.6 Å². The molecule has 2 bridgehead atoms. The number of carbonyl (C=O) groups is 1. The summed E-state index contributed by atoms with van der Waals surface area (Å²) in [4.78, 5) is 21.8. The van der Waals surface area contributed by atoms with E-state index in [9.17, 15) is 4.79 Å². The van der Waals surface area contributed by atoms with Gasteiger partial charge in [-0.1, -0.05) is 29.8 Å². The summed E-state index contributed by atoms with van der Waals surface area (Å²) in [6, 6.07) is 14.2. The van der Waals surface area contributed by atoms with Crippen LogP contribution < -0.4 is 10.1 Å². The van der Waals surface area contributed by atoms with Gasteiger partial charge in [-0.15, -0.1) is 0 Å². The normalized spacial score (nSPS) is 26.4. The maximum Gasteiger partial charge on any atom is 0.254 e. The van der Waals surface area contributed by atoms with Gasteiger partial charge in [0.2, 0.25) is 5.69 Å². The monoisotopic (exact) mass is 546 g/mol. The third-order valence-corrected chi connectivity index (χ3v) is 9.76. The maximum absolute atomic E-state index is 13.6. The Labute approximate surface area is 237 Å². The summed E-state index contributed by atoms with van der Waals surface area (Å²) in [5, 5.41) is 3.90. The Hall–Kier alpha value is -2.59. The van der Waals surface area contributed by atoms with Gasteiger partial charge in [-0.2, -0.15) is 0 Å². The second kappa shape index (κ2) is 11.9. The molecule has 7 heteroatoms. The minimum atomic E-state index is 0.0597. The number of amides is 1. The van der Waals surface area contributed by atoms with Gasteiger partial charge in [0, 0.05) is 37.0 Å². The van der Waals surface area contributed by atoms with Gasteiger partial charge < -0.3 is 19.9 Å². The molecule has 4 heterocycles. The van der Waals surface area contributed by atoms with Crippen molar-refractivity contribution in [2.24, 2.45) is 5.92 Å². The fourth-order valence-corrected chi connectivity index (χ4v) is 7.54. The molecule has 2 aromatic carbocycles. The van der Waals surface area contributed by atoms with Crippen molar-refractivity contribution in [3.8, 4) is 5.75 Å². The number of nitrogens with one attached hydrogen (secondary N) is 1. The standard InChI is InChI=1S/C32H39ClN4O2/c1-34-31-9-8-28(20-30(31)33)39-29-18-26-6-7-27(19-29)37(26)32(38)25-4-2-23(3-5-25)24-12-16-36(17-13-24)21-22-10-14-35-15-11-22/h2-5,8-9,20,22,24,26-27,29,35H,6-7,10-19,21H2. The van der Waals surface area contributed by atoms with Gasteiger partial charge >= 0.3 is 0 Å². The highest BCUT2D eigenvalue weighted by atomic mass is 35.5. The summed E-state index contributed by atoms with van der Waals surface area (Å²) >= 11 is 6.20. The average molecular weight is 547 g/mol. The van der Waals surface area contributed by atoms with E-state index in [-0.39, 0.29) is 24.1 Å². The molecule has 4 saturated heterocycles. The number of hydrogen-bond donors (Lipinski definition) is 1. The number of rotatable bonds is 6. The molecule has 4 fully saturated rings. The van der Waals surface area contributed by atoms with Crippen LogP contribution in [0.1, 0.15) is 73.2 Å². The fourth-order valence-electron chi connectivity index (χ4n) is 7.32. The zero-order chi connectivity index (χ0) is 26.8. The van der Waals surface area contributed by atoms with Gasteiger partial charge in [-0.3, -0.25) is 4.79 Å². The number of likely N-dealkylation sites (tertiary alicyclic amines) is 1. The summed E-state index contributed by atoms with van der Waals surface area (Å²) < 4.78 is 6.25. The Balaban J connectivity index is 1.02. The molecule has 4 aliphatic heterocycles. The molecular formula is C32H39ClN4O2. The number of nitrogens with zero attached hydrogens (tertiary/aromatic N) is 3. The van der Waals surface area contributed by atoms with Crippen LogP contribution in [-0.2, 0) is 0 Å². The molecule has 0 aromatic heterocycles. The number of hydrogen-bond acceptors (Lipinski definition) is 4. The zero-order valence-electron chi connectivity index (χ0n) is 22.7. The van der Waals surface area contributed by atoms with Crippen molar-refractivity contribution in [2.45, 2.75) is 75.5 Å². The molecule has 39 heavy (non-hydrogen) atoms. The number of halogens is 1. The Bertz CT molecular complexity index is 1180. The van der Waals surface area contributed by atoms with E-state index in [1.165, 1.54) is 64.0 Å². The summed E-state index contributed by atoms with van der Waals surface area (Å²) in [5.41, 5.74) is 2.62. The number of carbonyl (C=O) groups excluding carboxylic acids is 1. The zero-order valence-corrected chi connectivity index (χ0v) is 23.4. The second-order valence-electron chi connectivity index (χ2n) is 11.9. The van der Waals surface area contributed by atoms with Crippen LogP contribution in [0.2, 0.25) is 5.02 Å². The van der Waals surface area contributed by atoms with Crippen molar-refractivity contribution in [1.29, 1.82) is 0 Å². The molecule has 6 rings (SSSR count). The number of ether oxygens (including phenoxy) is 1. The molecule has 2 aromatic rings. The van der Waals surface area contributed by atoms with E-state index < -0.39 is 0 Å². The van der Waals surface area contributed by atoms with Crippen molar-refractivity contribution in [2.75, 3.05) is 32.7 Å². The van der Waals surface area contributed by atoms with E-state index in [1.807, 2.05) is 6.07 Å². The maximum atomic E-state index is 13.6. The molecule has 2 atom stereocenters. The van der Waals surface area contributed by atoms with Gasteiger partial charge in [0.15, 0.2) is 0 Å². The first-order valence-electron chi connectivity index (χ1n) is 14.8. The van der Waals surface area contributed by atoms with Crippen LogP contribution in [0.5, 0.6) is 5.75 Å². The first-order valence-corrected chi connectivity index (χ1v) is 15.1. The van der Waals surface area contributed by atoms with E-state index in [0.29, 0.717) is 22.4 Å². The molecule has 206 valence electrons. The van der Waals surface area contributed by atoms with Gasteiger partial charge in [-0.25, -0.2) is 4.85 Å². The van der Waals surface area contributed by atoms with E-state index in [4.69, 9.17) is 22.9 Å². The molecule has 0 saturated carbocycles. The summed E-state index contributed by atoms with van der Waals surface area (Å²) in [5.74, 6) is 2.31. The van der Waals surface area contributed by atoms with Gasteiger partial charge in [-0.05, 0) is 106 Å². The highest BCUT2D eigenvalue weighted by Gasteiger charge is 2.44. The predicted molar refractivity (Wildman–Crippen MR) is 155 cm³/mol. The lowest BCUT2D eigenvalue weighted by molar-refractivity contribution is 0.0359. The highest BCUT2D eigenvalue weighted by molar-refractivity contribution is 6.33. The lowest BCUT2D eigenvalue weighted by Gasteiger charge is -2.39. The van der Waals surface area contributed by atoms with E-state index in [1.54, 1.807) is 12.1 Å². The Kier molecular flexibility index (Phi) is 8.11. The summed E-state index contributed by atoms with van der Waals surface area (Å²) in [6.45, 7) is 13.2. The quantitative estimate of drug-likeness (QED) is 0.433. The number of fused-ring (bicyclic) bond motifs is 2. The average Bonchev–Trinajstić information content (AvgIpc) is 3.23. The third kappa shape index (κ3) is 5.96. The van der Waals surface area contributed by atoms with E-state index >= 15 is 0 Å². The van der Waals surface area contributed by atoms with Crippen molar-refractivity contribution in [1.82, 2.24) is 15.1 Å². The molecule has 0 radical (unpaired) electrons. The van der Waals surface area contributed by atoms with Crippen molar-refractivity contribution < 1.29 is 9.53 Å². The van der Waals surface area contributed by atoms with Crippen LogP contribution in [0.4, 0.5) is 5.69 Å². The van der Waals surface area contributed by atoms with Crippen LogP contribution in [0, 0.1) is 12.5 Å². The SMILES string of the molecule is [C-]#[N+]c1ccc(OC2CC3CCC(C2)N3C(=O)c2ccc(C3CCN(CC4CCNCC4)CC3)cc2)cc1Cl. The first-order chi connectivity index (χ1) is 19.1. The largest absolute Gasteiger partial charge is 0.490 e. The number of benzene rings is 2. The van der Waals surface area contributed by atoms with E-state index in [2.05, 4.69) is 44.2 Å². The Morgan fingerprint density at radius 2 is 1.67 bits per heavy atom. The molecule has 4 aliphatic rings. The molecule has 2 unspecified atom stereocenters. The molecule has 6 nitrogen and oxygen atoms in total. The minimum absolute atomic E-state index is 0.0597. The second-order valence-corrected chi connectivity index (χ2v) is 12.3. The molecule has 0 spiro atoms.